The first-order chi connectivity index (χ1) is 15.1. The van der Waals surface area contributed by atoms with Crippen molar-refractivity contribution in [3.8, 4) is 17.2 Å². The number of nitrogens with zero attached hydrogens (tertiary/aromatic N) is 3. The molecule has 0 bridgehead atoms. The van der Waals surface area contributed by atoms with Crippen LogP contribution in [0.3, 0.4) is 0 Å². The fourth-order valence-corrected chi connectivity index (χ4v) is 3.12. The maximum absolute atomic E-state index is 12.8. The number of rotatable bonds is 7. The lowest BCUT2D eigenvalue weighted by Gasteiger charge is -2.17. The first-order valence-electron chi connectivity index (χ1n) is 10.2. The molecule has 9 heteroatoms. The van der Waals surface area contributed by atoms with Gasteiger partial charge in [-0.3, -0.25) is 10.1 Å². The molecule has 2 aromatic carbocycles. The standard InChI is InChI=1S/C23H25N3O6/c1-12(2)16-10-18(13(3)4)20(27)19(11-16)23(28)31-14(5)21-24-25-22(32-21)15-6-8-17(9-7-15)26(29)30/h6-14,27H,1-5H3. The van der Waals surface area contributed by atoms with E-state index >= 15 is 0 Å². The summed E-state index contributed by atoms with van der Waals surface area (Å²) in [6, 6.07) is 9.19. The molecule has 0 amide bonds. The maximum atomic E-state index is 12.8. The molecule has 3 aromatic rings. The van der Waals surface area contributed by atoms with Gasteiger partial charge in [0.05, 0.1) is 4.92 Å². The quantitative estimate of drug-likeness (QED) is 0.290. The van der Waals surface area contributed by atoms with Gasteiger partial charge in [-0.1, -0.05) is 33.8 Å². The number of carbonyl (C=O) groups excluding carboxylic acids is 1. The first-order valence-corrected chi connectivity index (χ1v) is 10.2. The Morgan fingerprint density at radius 1 is 1.06 bits per heavy atom. The van der Waals surface area contributed by atoms with Gasteiger partial charge < -0.3 is 14.3 Å². The molecule has 1 atom stereocenters. The largest absolute Gasteiger partial charge is 0.507 e. The van der Waals surface area contributed by atoms with Gasteiger partial charge in [0.15, 0.2) is 6.10 Å². The summed E-state index contributed by atoms with van der Waals surface area (Å²) in [4.78, 5) is 23.1. The minimum absolute atomic E-state index is 0.0258. The zero-order chi connectivity index (χ0) is 23.6. The third-order valence-electron chi connectivity index (χ3n) is 5.07. The van der Waals surface area contributed by atoms with Crippen molar-refractivity contribution in [1.82, 2.24) is 10.2 Å². The SMILES string of the molecule is CC(C)c1cc(C(=O)OC(C)c2nnc(-c3ccc([N+](=O)[O-])cc3)o2)c(O)c(C(C)C)c1. The Morgan fingerprint density at radius 3 is 2.28 bits per heavy atom. The number of non-ortho nitro benzene ring substituents is 1. The van der Waals surface area contributed by atoms with Crippen LogP contribution in [0, 0.1) is 10.1 Å². The van der Waals surface area contributed by atoms with E-state index in [1.54, 1.807) is 13.0 Å². The Hall–Kier alpha value is -3.75. The van der Waals surface area contributed by atoms with E-state index in [4.69, 9.17) is 9.15 Å². The van der Waals surface area contributed by atoms with E-state index in [1.165, 1.54) is 24.3 Å². The molecule has 0 aliphatic heterocycles. The summed E-state index contributed by atoms with van der Waals surface area (Å²) in [5.74, 6) is -0.400. The predicted molar refractivity (Wildman–Crippen MR) is 117 cm³/mol. The number of hydrogen-bond acceptors (Lipinski definition) is 8. The Balaban J connectivity index is 1.81. The summed E-state index contributed by atoms with van der Waals surface area (Å²) < 4.78 is 11.1. The van der Waals surface area contributed by atoms with Gasteiger partial charge in [-0.2, -0.15) is 0 Å². The number of benzene rings is 2. The van der Waals surface area contributed by atoms with Crippen LogP contribution < -0.4 is 0 Å². The number of aromatic nitrogens is 2. The fourth-order valence-electron chi connectivity index (χ4n) is 3.12. The van der Waals surface area contributed by atoms with Gasteiger partial charge in [0.1, 0.15) is 11.3 Å². The molecule has 0 saturated carbocycles. The lowest BCUT2D eigenvalue weighted by Crippen LogP contribution is -2.11. The van der Waals surface area contributed by atoms with Gasteiger partial charge >= 0.3 is 5.97 Å². The van der Waals surface area contributed by atoms with E-state index in [0.717, 1.165) is 5.56 Å². The number of nitro groups is 1. The number of phenols is 1. The molecule has 1 unspecified atom stereocenters. The Labute approximate surface area is 185 Å². The van der Waals surface area contributed by atoms with Gasteiger partial charge in [0, 0.05) is 17.7 Å². The number of aromatic hydroxyl groups is 1. The lowest BCUT2D eigenvalue weighted by molar-refractivity contribution is -0.384. The van der Waals surface area contributed by atoms with E-state index in [-0.39, 0.29) is 40.6 Å². The molecule has 0 aliphatic carbocycles. The molecule has 0 saturated heterocycles. The van der Waals surface area contributed by atoms with Crippen molar-refractivity contribution in [3.05, 3.63) is 69.1 Å². The van der Waals surface area contributed by atoms with Crippen LogP contribution in [-0.4, -0.2) is 26.2 Å². The van der Waals surface area contributed by atoms with Crippen LogP contribution >= 0.6 is 0 Å². The fraction of sp³-hybridized carbons (Fsp3) is 0.348. The lowest BCUT2D eigenvalue weighted by atomic mass is 9.92. The van der Waals surface area contributed by atoms with Crippen LogP contribution in [0.15, 0.2) is 40.8 Å². The smallest absolute Gasteiger partial charge is 0.342 e. The third-order valence-corrected chi connectivity index (χ3v) is 5.07. The van der Waals surface area contributed by atoms with E-state index < -0.39 is 17.0 Å². The van der Waals surface area contributed by atoms with Gasteiger partial charge in [-0.15, -0.1) is 10.2 Å². The van der Waals surface area contributed by atoms with Crippen molar-refractivity contribution >= 4 is 11.7 Å². The van der Waals surface area contributed by atoms with Crippen LogP contribution in [0.2, 0.25) is 0 Å². The molecule has 168 valence electrons. The summed E-state index contributed by atoms with van der Waals surface area (Å²) in [6.45, 7) is 9.47. The van der Waals surface area contributed by atoms with Crippen LogP contribution in [0.5, 0.6) is 5.75 Å². The number of ether oxygens (including phenoxy) is 1. The molecule has 0 spiro atoms. The Bertz CT molecular complexity index is 1140. The topological polar surface area (TPSA) is 129 Å². The second kappa shape index (κ2) is 9.17. The normalized spacial score (nSPS) is 12.2. The van der Waals surface area contributed by atoms with Crippen LogP contribution in [0.1, 0.15) is 79.9 Å². The Kier molecular flexibility index (Phi) is 6.57. The molecule has 32 heavy (non-hydrogen) atoms. The van der Waals surface area contributed by atoms with Crippen molar-refractivity contribution in [2.75, 3.05) is 0 Å². The Morgan fingerprint density at radius 2 is 1.72 bits per heavy atom. The molecule has 0 fully saturated rings. The summed E-state index contributed by atoms with van der Waals surface area (Å²) >= 11 is 0. The third kappa shape index (κ3) is 4.77. The summed E-state index contributed by atoms with van der Waals surface area (Å²) in [6.07, 6.45) is -0.869. The summed E-state index contributed by atoms with van der Waals surface area (Å²) in [7, 11) is 0. The number of phenolic OH excluding ortho intramolecular Hbond substituents is 1. The average molecular weight is 439 g/mol. The molecule has 3 rings (SSSR count). The van der Waals surface area contributed by atoms with Crippen molar-refractivity contribution < 1.29 is 24.0 Å². The number of esters is 1. The zero-order valence-electron chi connectivity index (χ0n) is 18.5. The van der Waals surface area contributed by atoms with E-state index in [1.807, 2.05) is 33.8 Å². The van der Waals surface area contributed by atoms with Gasteiger partial charge in [0.2, 0.25) is 5.89 Å². The molecule has 9 nitrogen and oxygen atoms in total. The van der Waals surface area contributed by atoms with Gasteiger partial charge in [-0.25, -0.2) is 4.79 Å². The second-order valence-electron chi connectivity index (χ2n) is 8.11. The molecule has 0 radical (unpaired) electrons. The van der Waals surface area contributed by atoms with Crippen LogP contribution in [0.4, 0.5) is 5.69 Å². The number of hydrogen-bond donors (Lipinski definition) is 1. The molecule has 1 N–H and O–H groups in total. The minimum atomic E-state index is -0.869. The van der Waals surface area contributed by atoms with Crippen LogP contribution in [0.25, 0.3) is 11.5 Å². The number of nitro benzene ring substituents is 1. The van der Waals surface area contributed by atoms with Crippen molar-refractivity contribution in [2.24, 2.45) is 0 Å². The monoisotopic (exact) mass is 439 g/mol. The highest BCUT2D eigenvalue weighted by atomic mass is 16.6. The molecular formula is C23H25N3O6. The second-order valence-corrected chi connectivity index (χ2v) is 8.11. The van der Waals surface area contributed by atoms with E-state index in [9.17, 15) is 20.0 Å². The average Bonchev–Trinajstić information content (AvgIpc) is 3.24. The highest BCUT2D eigenvalue weighted by Crippen LogP contribution is 2.34. The van der Waals surface area contributed by atoms with Crippen LogP contribution in [-0.2, 0) is 4.74 Å². The van der Waals surface area contributed by atoms with Crippen molar-refractivity contribution in [1.29, 1.82) is 0 Å². The highest BCUT2D eigenvalue weighted by molar-refractivity contribution is 5.93. The molecule has 1 heterocycles. The van der Waals surface area contributed by atoms with E-state index in [2.05, 4.69) is 10.2 Å². The van der Waals surface area contributed by atoms with Gasteiger partial charge in [-0.05, 0) is 48.1 Å². The van der Waals surface area contributed by atoms with Crippen molar-refractivity contribution in [3.63, 3.8) is 0 Å². The zero-order valence-corrected chi connectivity index (χ0v) is 18.5. The summed E-state index contributed by atoms with van der Waals surface area (Å²) in [5, 5.41) is 29.3. The predicted octanol–water partition coefficient (Wildman–Crippen LogP) is 5.52. The minimum Gasteiger partial charge on any atom is -0.507 e. The first kappa shape index (κ1) is 22.9. The molecule has 1 aromatic heterocycles. The van der Waals surface area contributed by atoms with E-state index in [0.29, 0.717) is 11.1 Å². The highest BCUT2D eigenvalue weighted by Gasteiger charge is 2.25. The maximum Gasteiger partial charge on any atom is 0.342 e. The molecule has 0 aliphatic rings. The number of carbonyl (C=O) groups is 1. The van der Waals surface area contributed by atoms with Gasteiger partial charge in [0.25, 0.3) is 11.6 Å². The molecular weight excluding hydrogens is 414 g/mol. The van der Waals surface area contributed by atoms with Crippen molar-refractivity contribution in [2.45, 2.75) is 52.6 Å². The summed E-state index contributed by atoms with van der Waals surface area (Å²) in [5.41, 5.74) is 2.12.